The zero-order valence-corrected chi connectivity index (χ0v) is 14.7. The molecule has 0 saturated carbocycles. The number of rotatable bonds is 4. The lowest BCUT2D eigenvalue weighted by molar-refractivity contribution is -0.114. The maximum atomic E-state index is 12.5. The number of benzene rings is 1. The van der Waals surface area contributed by atoms with Crippen LogP contribution in [0.3, 0.4) is 0 Å². The van der Waals surface area contributed by atoms with E-state index in [4.69, 9.17) is 0 Å². The summed E-state index contributed by atoms with van der Waals surface area (Å²) in [5.74, 6) is -0.167. The molecule has 0 radical (unpaired) electrons. The van der Waals surface area contributed by atoms with Crippen molar-refractivity contribution in [1.82, 2.24) is 5.32 Å². The van der Waals surface area contributed by atoms with E-state index in [2.05, 4.69) is 10.6 Å². The molecular weight excluding hydrogens is 324 g/mol. The van der Waals surface area contributed by atoms with Crippen LogP contribution in [-0.4, -0.2) is 26.1 Å². The predicted molar refractivity (Wildman–Crippen MR) is 90.3 cm³/mol. The van der Waals surface area contributed by atoms with Gasteiger partial charge in [-0.15, -0.1) is 12.4 Å². The Kier molecular flexibility index (Phi) is 6.40. The van der Waals surface area contributed by atoms with Crippen molar-refractivity contribution in [3.8, 4) is 0 Å². The minimum atomic E-state index is -3.34. The van der Waals surface area contributed by atoms with Gasteiger partial charge in [-0.3, -0.25) is 4.79 Å². The van der Waals surface area contributed by atoms with Crippen molar-refractivity contribution in [2.75, 3.05) is 11.9 Å². The highest BCUT2D eigenvalue weighted by Crippen LogP contribution is 2.32. The van der Waals surface area contributed by atoms with Gasteiger partial charge in [-0.05, 0) is 57.0 Å². The maximum Gasteiger partial charge on any atom is 0.221 e. The van der Waals surface area contributed by atoms with Crippen LogP contribution >= 0.6 is 12.4 Å². The monoisotopic (exact) mass is 346 g/mol. The predicted octanol–water partition coefficient (Wildman–Crippen LogP) is 2.67. The van der Waals surface area contributed by atoms with E-state index < -0.39 is 15.1 Å². The number of hydrogen-bond acceptors (Lipinski definition) is 4. The van der Waals surface area contributed by atoms with Crippen molar-refractivity contribution >= 4 is 33.8 Å². The fourth-order valence-electron chi connectivity index (χ4n) is 2.56. The first-order valence-electron chi connectivity index (χ1n) is 7.21. The third-order valence-electron chi connectivity index (χ3n) is 3.69. The van der Waals surface area contributed by atoms with E-state index >= 15 is 0 Å². The van der Waals surface area contributed by atoms with Gasteiger partial charge in [0, 0.05) is 18.7 Å². The first-order valence-corrected chi connectivity index (χ1v) is 8.76. The van der Waals surface area contributed by atoms with Crippen LogP contribution in [0.2, 0.25) is 0 Å². The molecule has 1 saturated heterocycles. The molecule has 1 aromatic rings. The van der Waals surface area contributed by atoms with Gasteiger partial charge in [0.2, 0.25) is 5.91 Å². The van der Waals surface area contributed by atoms with Crippen LogP contribution in [0.25, 0.3) is 0 Å². The molecule has 0 bridgehead atoms. The molecule has 2 N–H and O–H groups in total. The molecule has 1 aromatic carbocycles. The maximum absolute atomic E-state index is 12.5. The van der Waals surface area contributed by atoms with E-state index in [1.807, 2.05) is 0 Å². The standard InChI is InChI=1S/C15H22N2O3S.ClH/c1-10(2)21(19,20)15-7-6-12(17-11(3)18)9-13(15)14-5-4-8-16-14;/h6-7,9-10,14,16H,4-5,8H2,1-3H3,(H,17,18);1H/t14-;/m0./s1. The highest BCUT2D eigenvalue weighted by molar-refractivity contribution is 7.92. The quantitative estimate of drug-likeness (QED) is 0.878. The molecular formula is C15H23ClN2O3S. The molecule has 1 heterocycles. The first kappa shape index (κ1) is 18.9. The Labute approximate surface area is 138 Å². The largest absolute Gasteiger partial charge is 0.326 e. The zero-order valence-electron chi connectivity index (χ0n) is 13.0. The summed E-state index contributed by atoms with van der Waals surface area (Å²) >= 11 is 0. The fraction of sp³-hybridized carbons (Fsp3) is 0.533. The molecule has 1 aliphatic heterocycles. The summed E-state index contributed by atoms with van der Waals surface area (Å²) in [5, 5.41) is 5.57. The molecule has 1 aliphatic rings. The van der Waals surface area contributed by atoms with Crippen LogP contribution in [0, 0.1) is 0 Å². The van der Waals surface area contributed by atoms with Crippen molar-refractivity contribution in [3.05, 3.63) is 23.8 Å². The van der Waals surface area contributed by atoms with Crippen molar-refractivity contribution < 1.29 is 13.2 Å². The molecule has 0 aromatic heterocycles. The van der Waals surface area contributed by atoms with Crippen molar-refractivity contribution in [3.63, 3.8) is 0 Å². The van der Waals surface area contributed by atoms with Gasteiger partial charge in [0.15, 0.2) is 9.84 Å². The van der Waals surface area contributed by atoms with Crippen LogP contribution < -0.4 is 10.6 Å². The lowest BCUT2D eigenvalue weighted by Crippen LogP contribution is -2.21. The highest BCUT2D eigenvalue weighted by Gasteiger charge is 2.28. The van der Waals surface area contributed by atoms with E-state index in [-0.39, 0.29) is 24.4 Å². The number of hydrogen-bond donors (Lipinski definition) is 2. The second-order valence-electron chi connectivity index (χ2n) is 5.68. The average Bonchev–Trinajstić information content (AvgIpc) is 2.91. The minimum absolute atomic E-state index is 0. The fourth-order valence-corrected chi connectivity index (χ4v) is 3.86. The molecule has 0 aliphatic carbocycles. The number of carbonyl (C=O) groups excluding carboxylic acids is 1. The topological polar surface area (TPSA) is 75.3 Å². The zero-order chi connectivity index (χ0) is 15.6. The van der Waals surface area contributed by atoms with Gasteiger partial charge in [-0.1, -0.05) is 0 Å². The molecule has 124 valence electrons. The number of halogens is 1. The van der Waals surface area contributed by atoms with Crippen LogP contribution in [0.15, 0.2) is 23.1 Å². The SMILES string of the molecule is CC(=O)Nc1ccc(S(=O)(=O)C(C)C)c([C@@H]2CCCN2)c1.Cl. The Morgan fingerprint density at radius 1 is 1.36 bits per heavy atom. The van der Waals surface area contributed by atoms with Crippen molar-refractivity contribution in [2.24, 2.45) is 0 Å². The van der Waals surface area contributed by atoms with Crippen LogP contribution in [-0.2, 0) is 14.6 Å². The minimum Gasteiger partial charge on any atom is -0.326 e. The molecule has 0 spiro atoms. The smallest absolute Gasteiger partial charge is 0.221 e. The third-order valence-corrected chi connectivity index (χ3v) is 5.92. The molecule has 2 rings (SSSR count). The van der Waals surface area contributed by atoms with Gasteiger partial charge in [-0.25, -0.2) is 8.42 Å². The lowest BCUT2D eigenvalue weighted by Gasteiger charge is -2.19. The van der Waals surface area contributed by atoms with Gasteiger partial charge >= 0.3 is 0 Å². The Bertz CT molecular complexity index is 638. The summed E-state index contributed by atoms with van der Waals surface area (Å²) in [6.45, 7) is 5.69. The summed E-state index contributed by atoms with van der Waals surface area (Å²) in [5.41, 5.74) is 1.39. The number of sulfone groups is 1. The van der Waals surface area contributed by atoms with Gasteiger partial charge in [0.25, 0.3) is 0 Å². The summed E-state index contributed by atoms with van der Waals surface area (Å²) in [7, 11) is -3.34. The van der Waals surface area contributed by atoms with Crippen LogP contribution in [0.1, 0.15) is 45.2 Å². The molecule has 1 fully saturated rings. The normalized spacial score (nSPS) is 18.1. The Morgan fingerprint density at radius 2 is 2.05 bits per heavy atom. The molecule has 22 heavy (non-hydrogen) atoms. The van der Waals surface area contributed by atoms with Crippen LogP contribution in [0.4, 0.5) is 5.69 Å². The molecule has 5 nitrogen and oxygen atoms in total. The molecule has 7 heteroatoms. The molecule has 0 unspecified atom stereocenters. The van der Waals surface area contributed by atoms with Gasteiger partial charge in [0.1, 0.15) is 0 Å². The van der Waals surface area contributed by atoms with E-state index in [0.29, 0.717) is 10.6 Å². The van der Waals surface area contributed by atoms with Gasteiger partial charge < -0.3 is 10.6 Å². The number of amides is 1. The highest BCUT2D eigenvalue weighted by atomic mass is 35.5. The van der Waals surface area contributed by atoms with Crippen molar-refractivity contribution in [2.45, 2.75) is 49.8 Å². The molecule has 1 atom stereocenters. The second kappa shape index (κ2) is 7.44. The van der Waals surface area contributed by atoms with E-state index in [1.165, 1.54) is 6.92 Å². The molecule has 1 amide bonds. The second-order valence-corrected chi connectivity index (χ2v) is 8.15. The number of nitrogens with one attached hydrogen (secondary N) is 2. The van der Waals surface area contributed by atoms with Gasteiger partial charge in [-0.2, -0.15) is 0 Å². The van der Waals surface area contributed by atoms with E-state index in [0.717, 1.165) is 24.9 Å². The lowest BCUT2D eigenvalue weighted by atomic mass is 10.0. The van der Waals surface area contributed by atoms with Gasteiger partial charge in [0.05, 0.1) is 10.1 Å². The summed E-state index contributed by atoms with van der Waals surface area (Å²) < 4.78 is 25.1. The Morgan fingerprint density at radius 3 is 2.55 bits per heavy atom. The Hall–Kier alpha value is -1.11. The number of anilines is 1. The average molecular weight is 347 g/mol. The van der Waals surface area contributed by atoms with Crippen LogP contribution in [0.5, 0.6) is 0 Å². The van der Waals surface area contributed by atoms with E-state index in [9.17, 15) is 13.2 Å². The van der Waals surface area contributed by atoms with Crippen molar-refractivity contribution in [1.29, 1.82) is 0 Å². The van der Waals surface area contributed by atoms with E-state index in [1.54, 1.807) is 32.0 Å². The first-order chi connectivity index (χ1) is 9.82. The number of carbonyl (C=O) groups is 1. The summed E-state index contributed by atoms with van der Waals surface area (Å²) in [4.78, 5) is 11.6. The summed E-state index contributed by atoms with van der Waals surface area (Å²) in [6.07, 6.45) is 1.93. The Balaban J connectivity index is 0.00000242. The third kappa shape index (κ3) is 4.00. The summed E-state index contributed by atoms with van der Waals surface area (Å²) in [6, 6.07) is 5.06.